The molecule has 0 saturated carbocycles. The number of nitrogens with zero attached hydrogens (tertiary/aromatic N) is 2. The average Bonchev–Trinajstić information content (AvgIpc) is 3.05. The van der Waals surface area contributed by atoms with Gasteiger partial charge in [0, 0.05) is 61.9 Å². The third kappa shape index (κ3) is 6.91. The van der Waals surface area contributed by atoms with Crippen molar-refractivity contribution in [3.05, 3.63) is 112 Å². The largest absolute Gasteiger partial charge is 0.497 e. The average molecular weight is 613 g/mol. The number of anilines is 2. The number of allylic oxidation sites excluding steroid dienone is 7. The lowest BCUT2D eigenvalue weighted by Crippen LogP contribution is -2.26. The van der Waals surface area contributed by atoms with Gasteiger partial charge in [0.15, 0.2) is 5.76 Å². The predicted molar refractivity (Wildman–Crippen MR) is 174 cm³/mol. The number of carbonyl (C=O) groups is 1. The van der Waals surface area contributed by atoms with Gasteiger partial charge in [-0.3, -0.25) is 9.59 Å². The van der Waals surface area contributed by atoms with Crippen molar-refractivity contribution < 1.29 is 23.4 Å². The molecule has 0 aliphatic heterocycles. The van der Waals surface area contributed by atoms with E-state index in [1.165, 1.54) is 12.3 Å². The van der Waals surface area contributed by atoms with Crippen LogP contribution in [0.15, 0.2) is 89.5 Å². The van der Waals surface area contributed by atoms with Crippen molar-refractivity contribution in [2.24, 2.45) is 5.92 Å². The fourth-order valence-electron chi connectivity index (χ4n) is 5.49. The van der Waals surface area contributed by atoms with E-state index in [-0.39, 0.29) is 17.9 Å². The molecule has 2 aliphatic rings. The number of hydrogen-bond acceptors (Lipinski definition) is 7. The summed E-state index contributed by atoms with van der Waals surface area (Å²) in [6.07, 6.45) is 11.4. The van der Waals surface area contributed by atoms with Crippen LogP contribution in [0.25, 0.3) is 22.3 Å². The topological polar surface area (TPSA) is 118 Å². The Morgan fingerprint density at radius 1 is 1.11 bits per heavy atom. The number of methoxy groups -OCH3 is 3. The van der Waals surface area contributed by atoms with Crippen LogP contribution in [0.3, 0.4) is 0 Å². The number of rotatable bonds is 10. The van der Waals surface area contributed by atoms with E-state index in [1.807, 2.05) is 24.3 Å². The van der Waals surface area contributed by atoms with Gasteiger partial charge in [0.2, 0.25) is 5.43 Å². The van der Waals surface area contributed by atoms with E-state index in [2.05, 4.69) is 17.2 Å². The van der Waals surface area contributed by atoms with Crippen molar-refractivity contribution in [1.29, 1.82) is 0 Å². The van der Waals surface area contributed by atoms with Gasteiger partial charge in [-0.1, -0.05) is 31.2 Å². The first-order chi connectivity index (χ1) is 21.7. The fraction of sp³-hybridized carbons (Fsp3) is 0.286. The smallest absolute Gasteiger partial charge is 0.261 e. The molecule has 2 heterocycles. The van der Waals surface area contributed by atoms with Crippen molar-refractivity contribution in [2.75, 3.05) is 39.0 Å². The van der Waals surface area contributed by atoms with Crippen molar-refractivity contribution >= 4 is 28.6 Å². The molecule has 10 heteroatoms. The SMILES string of the molecule is COCCn1cc(C(=O)Nc2ccc(-c3cc(C4=CC(OC)=C(OC)CC4C)cnc3N)cc2)c(=O)c(C2=CCC(F)C=C2)c1. The summed E-state index contributed by atoms with van der Waals surface area (Å²) in [6, 6.07) is 9.18. The first-order valence-corrected chi connectivity index (χ1v) is 14.7. The number of nitrogens with two attached hydrogens (primary N) is 1. The van der Waals surface area contributed by atoms with Gasteiger partial charge in [-0.2, -0.15) is 0 Å². The zero-order valence-electron chi connectivity index (χ0n) is 25.8. The van der Waals surface area contributed by atoms with Crippen molar-refractivity contribution in [3.63, 3.8) is 0 Å². The first kappa shape index (κ1) is 31.5. The maximum atomic E-state index is 13.7. The molecule has 2 atom stereocenters. The van der Waals surface area contributed by atoms with E-state index in [9.17, 15) is 14.0 Å². The molecule has 2 aromatic heterocycles. The number of halogens is 1. The Morgan fingerprint density at radius 3 is 2.56 bits per heavy atom. The van der Waals surface area contributed by atoms with Gasteiger partial charge >= 0.3 is 0 Å². The number of hydrogen-bond donors (Lipinski definition) is 2. The number of pyridine rings is 2. The lowest BCUT2D eigenvalue weighted by Gasteiger charge is -2.24. The molecule has 0 radical (unpaired) electrons. The summed E-state index contributed by atoms with van der Waals surface area (Å²) in [5.41, 5.74) is 10.8. The van der Waals surface area contributed by atoms with E-state index in [0.29, 0.717) is 48.0 Å². The van der Waals surface area contributed by atoms with Crippen LogP contribution in [0, 0.1) is 5.92 Å². The standard InChI is InChI=1S/C35H37FN4O5/c1-21-15-31(44-3)32(45-4)17-27(21)24-16-28(34(37)38-18-24)22-7-11-26(12-8-22)39-35(42)30-20-40(13-14-43-2)19-29(33(30)41)23-5-9-25(36)10-6-23/h5-9,11-12,16-21,25H,10,13-15H2,1-4H3,(H2,37,38)(H,39,42). The number of nitrogens with one attached hydrogen (secondary N) is 1. The minimum atomic E-state index is -1.09. The van der Waals surface area contributed by atoms with Crippen LogP contribution in [0.4, 0.5) is 15.9 Å². The summed E-state index contributed by atoms with van der Waals surface area (Å²) in [7, 11) is 4.83. The van der Waals surface area contributed by atoms with Crippen LogP contribution < -0.4 is 16.5 Å². The number of nitrogen functional groups attached to an aromatic ring is 1. The summed E-state index contributed by atoms with van der Waals surface area (Å²) < 4.78 is 31.6. The number of benzene rings is 1. The molecule has 9 nitrogen and oxygen atoms in total. The number of carbonyl (C=O) groups excluding carboxylic acids is 1. The van der Waals surface area contributed by atoms with E-state index >= 15 is 0 Å². The number of aromatic nitrogens is 2. The molecule has 3 aromatic rings. The quantitative estimate of drug-likeness (QED) is 0.288. The van der Waals surface area contributed by atoms with Gasteiger partial charge in [-0.05, 0) is 58.5 Å². The molecule has 5 rings (SSSR count). The van der Waals surface area contributed by atoms with Gasteiger partial charge in [0.05, 0.1) is 20.8 Å². The second-order valence-corrected chi connectivity index (χ2v) is 11.0. The molecular formula is C35H37FN4O5. The highest BCUT2D eigenvalue weighted by Gasteiger charge is 2.24. The van der Waals surface area contributed by atoms with Crippen LogP contribution in [0.5, 0.6) is 0 Å². The third-order valence-corrected chi connectivity index (χ3v) is 7.99. The molecule has 0 fully saturated rings. The lowest BCUT2D eigenvalue weighted by atomic mass is 9.86. The Labute approximate surface area is 261 Å². The van der Waals surface area contributed by atoms with Gasteiger partial charge in [-0.25, -0.2) is 9.37 Å². The Balaban J connectivity index is 1.40. The molecule has 0 bridgehead atoms. The fourth-order valence-corrected chi connectivity index (χ4v) is 5.49. The minimum absolute atomic E-state index is 0.0264. The van der Waals surface area contributed by atoms with E-state index in [1.54, 1.807) is 62.6 Å². The predicted octanol–water partition coefficient (Wildman–Crippen LogP) is 6.00. The molecule has 45 heavy (non-hydrogen) atoms. The molecule has 2 unspecified atom stereocenters. The van der Waals surface area contributed by atoms with Crippen LogP contribution in [-0.4, -0.2) is 49.6 Å². The van der Waals surface area contributed by atoms with Crippen LogP contribution in [-0.2, 0) is 20.8 Å². The zero-order valence-corrected chi connectivity index (χ0v) is 25.8. The second kappa shape index (κ2) is 13.8. The third-order valence-electron chi connectivity index (χ3n) is 7.99. The Morgan fingerprint density at radius 2 is 1.89 bits per heavy atom. The van der Waals surface area contributed by atoms with Crippen LogP contribution in [0.1, 0.15) is 41.3 Å². The van der Waals surface area contributed by atoms with E-state index < -0.39 is 17.5 Å². The van der Waals surface area contributed by atoms with Crippen molar-refractivity contribution in [1.82, 2.24) is 9.55 Å². The highest BCUT2D eigenvalue weighted by Crippen LogP contribution is 2.38. The van der Waals surface area contributed by atoms with Gasteiger partial charge in [0.25, 0.3) is 5.91 Å². The Bertz CT molecular complexity index is 1770. The van der Waals surface area contributed by atoms with E-state index in [4.69, 9.17) is 19.9 Å². The molecule has 1 amide bonds. The normalized spacial score (nSPS) is 17.9. The summed E-state index contributed by atoms with van der Waals surface area (Å²) in [5, 5.41) is 2.83. The van der Waals surface area contributed by atoms with Crippen LogP contribution in [0.2, 0.25) is 0 Å². The van der Waals surface area contributed by atoms with Gasteiger partial charge in [0.1, 0.15) is 23.3 Å². The van der Waals surface area contributed by atoms with Gasteiger partial charge in [-0.15, -0.1) is 0 Å². The van der Waals surface area contributed by atoms with Gasteiger partial charge < -0.3 is 29.8 Å². The number of alkyl halides is 1. The lowest BCUT2D eigenvalue weighted by molar-refractivity contribution is 0.102. The van der Waals surface area contributed by atoms with Crippen molar-refractivity contribution in [2.45, 2.75) is 32.5 Å². The monoisotopic (exact) mass is 612 g/mol. The highest BCUT2D eigenvalue weighted by molar-refractivity contribution is 6.04. The minimum Gasteiger partial charge on any atom is -0.497 e. The summed E-state index contributed by atoms with van der Waals surface area (Å²) in [4.78, 5) is 31.3. The number of ether oxygens (including phenoxy) is 3. The molecule has 1 aromatic carbocycles. The maximum Gasteiger partial charge on any atom is 0.261 e. The Hall–Kier alpha value is -4.96. The van der Waals surface area contributed by atoms with Crippen LogP contribution >= 0.6 is 0 Å². The maximum absolute atomic E-state index is 13.7. The Kier molecular flexibility index (Phi) is 9.63. The molecule has 0 spiro atoms. The molecular weight excluding hydrogens is 575 g/mol. The second-order valence-electron chi connectivity index (χ2n) is 11.0. The first-order valence-electron chi connectivity index (χ1n) is 14.7. The molecule has 0 saturated heterocycles. The summed E-state index contributed by atoms with van der Waals surface area (Å²) in [5.74, 6) is 1.48. The highest BCUT2D eigenvalue weighted by atomic mass is 19.1. The number of amides is 1. The molecule has 2 aliphatic carbocycles. The molecule has 234 valence electrons. The molecule has 3 N–H and O–H groups in total. The summed E-state index contributed by atoms with van der Waals surface area (Å²) in [6.45, 7) is 2.94. The zero-order chi connectivity index (χ0) is 32.1. The van der Waals surface area contributed by atoms with Crippen molar-refractivity contribution in [3.8, 4) is 11.1 Å². The summed E-state index contributed by atoms with van der Waals surface area (Å²) >= 11 is 0. The van der Waals surface area contributed by atoms with E-state index in [0.717, 1.165) is 28.0 Å².